The topological polar surface area (TPSA) is 12.9 Å². The van der Waals surface area contributed by atoms with E-state index < -0.39 is 0 Å². The zero-order chi connectivity index (χ0) is 17.9. The van der Waals surface area contributed by atoms with Gasteiger partial charge in [0.25, 0.3) is 0 Å². The molecule has 0 N–H and O–H groups in total. The molecule has 0 aromatic carbocycles. The molecular weight excluding hydrogens is 429 g/mol. The van der Waals surface area contributed by atoms with Gasteiger partial charge in [0.15, 0.2) is 0 Å². The minimum atomic E-state index is 0.354. The second-order valence-electron chi connectivity index (χ2n) is 9.65. The molecule has 0 radical (unpaired) electrons. The average Bonchev–Trinajstić information content (AvgIpc) is 3.00. The molecule has 26 heavy (non-hydrogen) atoms. The van der Waals surface area contributed by atoms with Crippen molar-refractivity contribution < 1.29 is 0 Å². The van der Waals surface area contributed by atoms with Crippen LogP contribution in [0.15, 0.2) is 42.3 Å². The summed E-state index contributed by atoms with van der Waals surface area (Å²) in [5, 5.41) is 0. The summed E-state index contributed by atoms with van der Waals surface area (Å²) >= 11 is 2.68. The van der Waals surface area contributed by atoms with E-state index in [4.69, 9.17) is 0 Å². The van der Waals surface area contributed by atoms with Crippen LogP contribution in [0.2, 0.25) is 0 Å². The molecule has 1 nitrogen and oxygen atoms in total. The fraction of sp³-hybridized carbons (Fsp3) is 0.625. The highest BCUT2D eigenvalue weighted by Gasteiger charge is 2.56. The van der Waals surface area contributed by atoms with Gasteiger partial charge in [0, 0.05) is 16.3 Å². The number of aromatic nitrogens is 1. The Morgan fingerprint density at radius 2 is 1.88 bits per heavy atom. The van der Waals surface area contributed by atoms with Crippen LogP contribution in [0.4, 0.5) is 0 Å². The Balaban J connectivity index is 1.48. The molecule has 4 aliphatic rings. The third-order valence-electron chi connectivity index (χ3n) is 8.60. The number of fused-ring (bicyclic) bond motifs is 5. The molecule has 0 bridgehead atoms. The van der Waals surface area contributed by atoms with Crippen LogP contribution in [0.25, 0.3) is 5.57 Å². The summed E-state index contributed by atoms with van der Waals surface area (Å²) in [6.07, 6.45) is 18.8. The Morgan fingerprint density at radius 3 is 2.69 bits per heavy atom. The average molecular weight is 459 g/mol. The summed E-state index contributed by atoms with van der Waals surface area (Å²) in [7, 11) is 0. The van der Waals surface area contributed by atoms with Crippen LogP contribution >= 0.6 is 22.6 Å². The predicted molar refractivity (Wildman–Crippen MR) is 117 cm³/mol. The van der Waals surface area contributed by atoms with Gasteiger partial charge in [0.1, 0.15) is 0 Å². The highest BCUT2D eigenvalue weighted by atomic mass is 127. The molecule has 3 unspecified atom stereocenters. The van der Waals surface area contributed by atoms with Crippen LogP contribution in [-0.4, -0.2) is 8.91 Å². The largest absolute Gasteiger partial charge is 0.264 e. The summed E-state index contributed by atoms with van der Waals surface area (Å²) in [4.78, 5) is 4.40. The molecule has 1 heterocycles. The standard InChI is InChI=1S/C24H30IN/c1-23-11-9-18(25)14-17(23)5-6-19-21-8-7-20(16-4-3-13-26-15-16)24(21,2)12-10-22(19)23/h3-5,7,13,15,18-19,21-22H,6,8-12,14H2,1-2H3/t18-,19?,21?,22?,23-,24+/m0/s1. The first-order chi connectivity index (χ1) is 12.5. The molecule has 4 aliphatic carbocycles. The molecule has 1 aromatic rings. The van der Waals surface area contributed by atoms with Gasteiger partial charge >= 0.3 is 0 Å². The van der Waals surface area contributed by atoms with Crippen molar-refractivity contribution in [3.63, 3.8) is 0 Å². The fourth-order valence-electron chi connectivity index (χ4n) is 7.15. The zero-order valence-electron chi connectivity index (χ0n) is 16.0. The highest BCUT2D eigenvalue weighted by molar-refractivity contribution is 14.1. The Bertz CT molecular complexity index is 766. The van der Waals surface area contributed by atoms with Gasteiger partial charge in [0.2, 0.25) is 0 Å². The Morgan fingerprint density at radius 1 is 1.04 bits per heavy atom. The van der Waals surface area contributed by atoms with Gasteiger partial charge in [-0.05, 0) is 90.7 Å². The van der Waals surface area contributed by atoms with Gasteiger partial charge in [-0.15, -0.1) is 0 Å². The molecule has 0 saturated heterocycles. The summed E-state index contributed by atoms with van der Waals surface area (Å²) in [6, 6.07) is 4.36. The van der Waals surface area contributed by atoms with Crippen LogP contribution in [0.3, 0.4) is 0 Å². The number of hydrogen-bond acceptors (Lipinski definition) is 1. The molecular formula is C24H30IN. The van der Waals surface area contributed by atoms with Crippen LogP contribution in [-0.2, 0) is 0 Å². The molecule has 2 heteroatoms. The quantitative estimate of drug-likeness (QED) is 0.255. The van der Waals surface area contributed by atoms with Crippen LogP contribution in [0.1, 0.15) is 64.4 Å². The summed E-state index contributed by atoms with van der Waals surface area (Å²) in [6.45, 7) is 5.17. The molecule has 2 saturated carbocycles. The second-order valence-corrected chi connectivity index (χ2v) is 11.4. The number of pyridine rings is 1. The van der Waals surface area contributed by atoms with Gasteiger partial charge in [-0.25, -0.2) is 0 Å². The van der Waals surface area contributed by atoms with E-state index in [1.807, 2.05) is 11.8 Å². The van der Waals surface area contributed by atoms with Crippen LogP contribution < -0.4 is 0 Å². The number of allylic oxidation sites excluding steroid dienone is 4. The van der Waals surface area contributed by atoms with E-state index >= 15 is 0 Å². The Hall–Kier alpha value is -0.640. The van der Waals surface area contributed by atoms with Crippen molar-refractivity contribution >= 4 is 28.2 Å². The second kappa shape index (κ2) is 6.18. The van der Waals surface area contributed by atoms with E-state index in [-0.39, 0.29) is 0 Å². The smallest absolute Gasteiger partial charge is 0.0343 e. The monoisotopic (exact) mass is 459 g/mol. The summed E-state index contributed by atoms with van der Waals surface area (Å²) < 4.78 is 0.864. The van der Waals surface area contributed by atoms with Crippen LogP contribution in [0.5, 0.6) is 0 Å². The number of halogens is 1. The number of nitrogens with zero attached hydrogens (tertiary/aromatic N) is 1. The maximum Gasteiger partial charge on any atom is 0.0343 e. The van der Waals surface area contributed by atoms with Crippen molar-refractivity contribution in [2.24, 2.45) is 28.6 Å². The summed E-state index contributed by atoms with van der Waals surface area (Å²) in [5.74, 6) is 2.60. The van der Waals surface area contributed by atoms with Crippen LogP contribution in [0, 0.1) is 28.6 Å². The molecule has 5 rings (SSSR count). The van der Waals surface area contributed by atoms with E-state index in [2.05, 4.69) is 71.9 Å². The molecule has 6 atom stereocenters. The maximum atomic E-state index is 4.40. The molecule has 0 amide bonds. The van der Waals surface area contributed by atoms with E-state index in [9.17, 15) is 0 Å². The third kappa shape index (κ3) is 2.43. The van der Waals surface area contributed by atoms with E-state index in [0.29, 0.717) is 10.8 Å². The van der Waals surface area contributed by atoms with Gasteiger partial charge in [-0.1, -0.05) is 60.2 Å². The number of rotatable bonds is 1. The lowest BCUT2D eigenvalue weighted by Gasteiger charge is -2.57. The van der Waals surface area contributed by atoms with Crippen molar-refractivity contribution in [3.05, 3.63) is 47.8 Å². The van der Waals surface area contributed by atoms with Crippen molar-refractivity contribution in [2.45, 2.75) is 62.7 Å². The van der Waals surface area contributed by atoms with Gasteiger partial charge < -0.3 is 0 Å². The van der Waals surface area contributed by atoms with Crippen molar-refractivity contribution in [1.82, 2.24) is 4.98 Å². The lowest BCUT2D eigenvalue weighted by molar-refractivity contribution is -0.00896. The first-order valence-corrected chi connectivity index (χ1v) is 11.7. The van der Waals surface area contributed by atoms with E-state index in [0.717, 1.165) is 21.7 Å². The molecule has 138 valence electrons. The summed E-state index contributed by atoms with van der Waals surface area (Å²) in [5.41, 5.74) is 5.60. The SMILES string of the molecule is C[C@]12CC[C@H](I)CC1=CCC1C2CC[C@]2(C)C(c3cccnc3)=CCC12. The van der Waals surface area contributed by atoms with Gasteiger partial charge in [-0.2, -0.15) is 0 Å². The lowest BCUT2D eigenvalue weighted by atomic mass is 9.47. The Kier molecular flexibility index (Phi) is 4.15. The van der Waals surface area contributed by atoms with Gasteiger partial charge in [0.05, 0.1) is 0 Å². The molecule has 2 fully saturated rings. The van der Waals surface area contributed by atoms with Crippen molar-refractivity contribution in [1.29, 1.82) is 0 Å². The van der Waals surface area contributed by atoms with Crippen molar-refractivity contribution in [3.8, 4) is 0 Å². The first kappa shape index (κ1) is 17.5. The predicted octanol–water partition coefficient (Wildman–Crippen LogP) is 6.84. The molecule has 0 spiro atoms. The third-order valence-corrected chi connectivity index (χ3v) is 9.66. The van der Waals surface area contributed by atoms with Gasteiger partial charge in [-0.3, -0.25) is 4.98 Å². The minimum absolute atomic E-state index is 0.354. The number of hydrogen-bond donors (Lipinski definition) is 0. The Labute approximate surface area is 171 Å². The fourth-order valence-corrected chi connectivity index (χ4v) is 7.94. The highest BCUT2D eigenvalue weighted by Crippen LogP contribution is 2.66. The zero-order valence-corrected chi connectivity index (χ0v) is 18.2. The maximum absolute atomic E-state index is 4.40. The van der Waals surface area contributed by atoms with E-state index in [1.165, 1.54) is 50.5 Å². The lowest BCUT2D eigenvalue weighted by Crippen LogP contribution is -2.49. The minimum Gasteiger partial charge on any atom is -0.264 e. The first-order valence-electron chi connectivity index (χ1n) is 10.5. The van der Waals surface area contributed by atoms with Crippen molar-refractivity contribution in [2.75, 3.05) is 0 Å². The van der Waals surface area contributed by atoms with E-state index in [1.54, 1.807) is 5.57 Å². The normalized spacial score (nSPS) is 44.4. The molecule has 0 aliphatic heterocycles. The number of alkyl halides is 1. The molecule has 1 aromatic heterocycles.